The molecule has 1 aromatic carbocycles. The number of rotatable bonds is 3. The molecule has 3 rings (SSSR count). The molecule has 108 valence electrons. The third kappa shape index (κ3) is 2.23. The lowest BCUT2D eigenvalue weighted by Crippen LogP contribution is -2.39. The van der Waals surface area contributed by atoms with Crippen molar-refractivity contribution in [2.45, 2.75) is 30.7 Å². The van der Waals surface area contributed by atoms with Gasteiger partial charge in [-0.05, 0) is 12.0 Å². The van der Waals surface area contributed by atoms with Crippen LogP contribution in [0.4, 0.5) is 0 Å². The first-order chi connectivity index (χ1) is 9.49. The molecule has 0 aliphatic carbocycles. The monoisotopic (exact) mass is 294 g/mol. The fourth-order valence-corrected chi connectivity index (χ4v) is 5.01. The molecule has 2 saturated heterocycles. The van der Waals surface area contributed by atoms with E-state index in [1.54, 1.807) is 11.9 Å². The van der Waals surface area contributed by atoms with Gasteiger partial charge in [-0.1, -0.05) is 30.3 Å². The van der Waals surface area contributed by atoms with Gasteiger partial charge in [-0.2, -0.15) is 4.31 Å². The summed E-state index contributed by atoms with van der Waals surface area (Å²) >= 11 is 0. The van der Waals surface area contributed by atoms with Crippen LogP contribution in [0.5, 0.6) is 0 Å². The number of likely N-dealkylation sites (N-methyl/N-ethyl adjacent to an activating group) is 1. The van der Waals surface area contributed by atoms with Crippen LogP contribution in [-0.4, -0.2) is 49.2 Å². The predicted molar refractivity (Wildman–Crippen MR) is 75.4 cm³/mol. The van der Waals surface area contributed by atoms with Gasteiger partial charge < -0.3 is 4.90 Å². The van der Waals surface area contributed by atoms with Gasteiger partial charge in [0.25, 0.3) is 0 Å². The second-order valence-electron chi connectivity index (χ2n) is 5.48. The number of amides is 1. The fourth-order valence-electron chi connectivity index (χ4n) is 3.22. The zero-order chi connectivity index (χ0) is 14.3. The van der Waals surface area contributed by atoms with Crippen LogP contribution in [0.1, 0.15) is 18.4 Å². The fraction of sp³-hybridized carbons (Fsp3) is 0.500. The van der Waals surface area contributed by atoms with Gasteiger partial charge in [-0.15, -0.1) is 0 Å². The number of sulfonamides is 1. The van der Waals surface area contributed by atoms with E-state index in [0.29, 0.717) is 13.0 Å². The highest BCUT2D eigenvalue weighted by atomic mass is 32.2. The van der Waals surface area contributed by atoms with Crippen LogP contribution in [0.15, 0.2) is 30.3 Å². The van der Waals surface area contributed by atoms with Crippen molar-refractivity contribution in [3.05, 3.63) is 35.9 Å². The Morgan fingerprint density at radius 2 is 1.90 bits per heavy atom. The molecule has 0 spiro atoms. The average molecular weight is 294 g/mol. The number of carbonyl (C=O) groups excluding carboxylic acids is 1. The molecule has 2 fully saturated rings. The van der Waals surface area contributed by atoms with Crippen LogP contribution in [0, 0.1) is 0 Å². The average Bonchev–Trinajstić information content (AvgIpc) is 2.93. The summed E-state index contributed by atoms with van der Waals surface area (Å²) < 4.78 is 26.6. The molecule has 0 aromatic heterocycles. The highest BCUT2D eigenvalue weighted by molar-refractivity contribution is 7.88. The molecule has 5 nitrogen and oxygen atoms in total. The molecular weight excluding hydrogens is 276 g/mol. The van der Waals surface area contributed by atoms with E-state index in [-0.39, 0.29) is 23.7 Å². The summed E-state index contributed by atoms with van der Waals surface area (Å²) in [5.74, 6) is 0.0502. The SMILES string of the molecule is CN1C(=O)C[C@H]2[C@H]1CCN2S(=O)(=O)Cc1ccccc1. The summed E-state index contributed by atoms with van der Waals surface area (Å²) in [6.07, 6.45) is 1.05. The van der Waals surface area contributed by atoms with E-state index >= 15 is 0 Å². The first-order valence-electron chi connectivity index (χ1n) is 6.78. The van der Waals surface area contributed by atoms with Gasteiger partial charge in [0.15, 0.2) is 0 Å². The van der Waals surface area contributed by atoms with Crippen LogP contribution >= 0.6 is 0 Å². The van der Waals surface area contributed by atoms with Crippen LogP contribution in [0.3, 0.4) is 0 Å². The lowest BCUT2D eigenvalue weighted by molar-refractivity contribution is -0.127. The number of nitrogens with zero attached hydrogens (tertiary/aromatic N) is 2. The molecule has 0 bridgehead atoms. The van der Waals surface area contributed by atoms with Crippen molar-refractivity contribution in [3.8, 4) is 0 Å². The van der Waals surface area contributed by atoms with Crippen LogP contribution in [0.25, 0.3) is 0 Å². The lowest BCUT2D eigenvalue weighted by atomic mass is 10.1. The minimum absolute atomic E-state index is 0.00889. The summed E-state index contributed by atoms with van der Waals surface area (Å²) in [6.45, 7) is 0.516. The van der Waals surface area contributed by atoms with Crippen molar-refractivity contribution in [2.75, 3.05) is 13.6 Å². The summed E-state index contributed by atoms with van der Waals surface area (Å²) in [4.78, 5) is 13.4. The maximum Gasteiger partial charge on any atom is 0.224 e. The van der Waals surface area contributed by atoms with Gasteiger partial charge >= 0.3 is 0 Å². The van der Waals surface area contributed by atoms with Gasteiger partial charge in [0.1, 0.15) is 0 Å². The van der Waals surface area contributed by atoms with E-state index in [2.05, 4.69) is 0 Å². The van der Waals surface area contributed by atoms with Gasteiger partial charge in [0, 0.05) is 26.1 Å². The zero-order valence-corrected chi connectivity index (χ0v) is 12.2. The third-order valence-electron chi connectivity index (χ3n) is 4.28. The van der Waals surface area contributed by atoms with Gasteiger partial charge in [-0.3, -0.25) is 4.79 Å². The van der Waals surface area contributed by atoms with E-state index in [1.165, 1.54) is 4.31 Å². The number of benzene rings is 1. The molecular formula is C14H18N2O3S. The number of fused-ring (bicyclic) bond motifs is 1. The second-order valence-corrected chi connectivity index (χ2v) is 7.41. The highest BCUT2D eigenvalue weighted by Crippen LogP contribution is 2.33. The van der Waals surface area contributed by atoms with Crippen molar-refractivity contribution >= 4 is 15.9 Å². The smallest absolute Gasteiger partial charge is 0.224 e. The predicted octanol–water partition coefficient (Wildman–Crippen LogP) is 0.821. The quantitative estimate of drug-likeness (QED) is 0.829. The Morgan fingerprint density at radius 3 is 2.60 bits per heavy atom. The summed E-state index contributed by atoms with van der Waals surface area (Å²) in [5.41, 5.74) is 0.786. The molecule has 0 saturated carbocycles. The number of likely N-dealkylation sites (tertiary alicyclic amines) is 1. The molecule has 1 aromatic rings. The maximum absolute atomic E-state index is 12.6. The van der Waals surface area contributed by atoms with E-state index in [1.807, 2.05) is 30.3 Å². The summed E-state index contributed by atoms with van der Waals surface area (Å²) in [6, 6.07) is 9.05. The van der Waals surface area contributed by atoms with Crippen LogP contribution in [-0.2, 0) is 20.6 Å². The second kappa shape index (κ2) is 4.86. The Bertz CT molecular complexity index is 615. The topological polar surface area (TPSA) is 57.7 Å². The van der Waals surface area contributed by atoms with Crippen molar-refractivity contribution in [1.82, 2.24) is 9.21 Å². The molecule has 2 aliphatic rings. The molecule has 1 amide bonds. The van der Waals surface area contributed by atoms with Crippen molar-refractivity contribution in [2.24, 2.45) is 0 Å². The molecule has 20 heavy (non-hydrogen) atoms. The highest BCUT2D eigenvalue weighted by Gasteiger charge is 2.48. The van der Waals surface area contributed by atoms with E-state index in [4.69, 9.17) is 0 Å². The number of carbonyl (C=O) groups is 1. The minimum atomic E-state index is -3.36. The first-order valence-corrected chi connectivity index (χ1v) is 8.39. The molecule has 6 heteroatoms. The standard InChI is InChI=1S/C14H18N2O3S/c1-15-12-7-8-16(13(12)9-14(15)17)20(18,19)10-11-5-3-2-4-6-11/h2-6,12-13H,7-10H2,1H3/t12-,13+/m1/s1. The summed E-state index contributed by atoms with van der Waals surface area (Å²) in [5, 5.41) is 0. The minimum Gasteiger partial charge on any atom is -0.341 e. The lowest BCUT2D eigenvalue weighted by Gasteiger charge is -2.23. The van der Waals surface area contributed by atoms with E-state index in [0.717, 1.165) is 12.0 Å². The molecule has 2 aliphatic heterocycles. The van der Waals surface area contributed by atoms with Gasteiger partial charge in [0.2, 0.25) is 15.9 Å². The Kier molecular flexibility index (Phi) is 3.30. The van der Waals surface area contributed by atoms with Gasteiger partial charge in [0.05, 0.1) is 11.8 Å². The Hall–Kier alpha value is -1.40. The summed E-state index contributed by atoms with van der Waals surface area (Å²) in [7, 11) is -1.60. The third-order valence-corrected chi connectivity index (χ3v) is 6.15. The van der Waals surface area contributed by atoms with Crippen molar-refractivity contribution < 1.29 is 13.2 Å². The van der Waals surface area contributed by atoms with Crippen molar-refractivity contribution in [3.63, 3.8) is 0 Å². The molecule has 2 atom stereocenters. The van der Waals surface area contributed by atoms with E-state index < -0.39 is 10.0 Å². The van der Waals surface area contributed by atoms with Crippen LogP contribution in [0.2, 0.25) is 0 Å². The Balaban J connectivity index is 1.81. The normalized spacial score (nSPS) is 27.1. The zero-order valence-electron chi connectivity index (χ0n) is 11.4. The number of hydrogen-bond acceptors (Lipinski definition) is 3. The Morgan fingerprint density at radius 1 is 1.20 bits per heavy atom. The first kappa shape index (κ1) is 13.6. The van der Waals surface area contributed by atoms with Crippen LogP contribution < -0.4 is 0 Å². The van der Waals surface area contributed by atoms with Crippen molar-refractivity contribution in [1.29, 1.82) is 0 Å². The van der Waals surface area contributed by atoms with E-state index in [9.17, 15) is 13.2 Å². The molecule has 0 radical (unpaired) electrons. The molecule has 2 heterocycles. The Labute approximate surface area is 119 Å². The molecule has 0 unspecified atom stereocenters. The number of hydrogen-bond donors (Lipinski definition) is 0. The molecule has 0 N–H and O–H groups in total. The van der Waals surface area contributed by atoms with Gasteiger partial charge in [-0.25, -0.2) is 8.42 Å². The maximum atomic E-state index is 12.6. The largest absolute Gasteiger partial charge is 0.341 e.